The molecule has 1 aromatic rings. The SMILES string of the molecule is C/C(=C/OCC1(C)CCS(=O)(=O)C1)c1ccccc1. The Morgan fingerprint density at radius 1 is 1.37 bits per heavy atom. The zero-order valence-corrected chi connectivity index (χ0v) is 12.2. The molecular formula is C15H20O3S. The molecule has 0 radical (unpaired) electrons. The van der Waals surface area contributed by atoms with Gasteiger partial charge in [-0.1, -0.05) is 37.3 Å². The molecule has 3 nitrogen and oxygen atoms in total. The molecule has 1 saturated heterocycles. The van der Waals surface area contributed by atoms with Crippen LogP contribution in [0.2, 0.25) is 0 Å². The van der Waals surface area contributed by atoms with E-state index < -0.39 is 9.84 Å². The van der Waals surface area contributed by atoms with E-state index >= 15 is 0 Å². The van der Waals surface area contributed by atoms with E-state index in [0.717, 1.165) is 11.1 Å². The maximum Gasteiger partial charge on any atom is 0.151 e. The van der Waals surface area contributed by atoms with Crippen molar-refractivity contribution in [3.05, 3.63) is 42.2 Å². The Bertz CT molecular complexity index is 560. The van der Waals surface area contributed by atoms with Gasteiger partial charge in [-0.2, -0.15) is 0 Å². The van der Waals surface area contributed by atoms with E-state index in [1.165, 1.54) is 0 Å². The number of rotatable bonds is 4. The first-order valence-corrected chi connectivity index (χ1v) is 8.27. The van der Waals surface area contributed by atoms with Crippen LogP contribution in [-0.4, -0.2) is 26.5 Å². The Balaban J connectivity index is 1.94. The molecule has 0 aliphatic carbocycles. The van der Waals surface area contributed by atoms with Crippen LogP contribution < -0.4 is 0 Å². The van der Waals surface area contributed by atoms with Gasteiger partial charge in [0.2, 0.25) is 0 Å². The van der Waals surface area contributed by atoms with Gasteiger partial charge in [-0.05, 0) is 24.5 Å². The highest BCUT2D eigenvalue weighted by molar-refractivity contribution is 7.91. The molecule has 1 unspecified atom stereocenters. The summed E-state index contributed by atoms with van der Waals surface area (Å²) in [5.41, 5.74) is 1.92. The molecule has 0 spiro atoms. The van der Waals surface area contributed by atoms with Crippen LogP contribution in [0.1, 0.15) is 25.8 Å². The van der Waals surface area contributed by atoms with Crippen LogP contribution in [0.4, 0.5) is 0 Å². The molecule has 1 aliphatic heterocycles. The van der Waals surface area contributed by atoms with E-state index in [1.807, 2.05) is 44.2 Å². The first kappa shape index (κ1) is 14.1. The van der Waals surface area contributed by atoms with E-state index in [4.69, 9.17) is 4.74 Å². The minimum absolute atomic E-state index is 0.234. The predicted octanol–water partition coefficient (Wildman–Crippen LogP) is 2.89. The molecule has 0 saturated carbocycles. The fourth-order valence-electron chi connectivity index (χ4n) is 2.33. The summed E-state index contributed by atoms with van der Waals surface area (Å²) in [6, 6.07) is 9.99. The second-order valence-corrected chi connectivity index (χ2v) is 7.81. The number of benzene rings is 1. The summed E-state index contributed by atoms with van der Waals surface area (Å²) in [4.78, 5) is 0. The minimum Gasteiger partial charge on any atom is -0.500 e. The molecule has 4 heteroatoms. The molecular weight excluding hydrogens is 260 g/mol. The topological polar surface area (TPSA) is 43.4 Å². The smallest absolute Gasteiger partial charge is 0.151 e. The van der Waals surface area contributed by atoms with Crippen molar-refractivity contribution in [2.24, 2.45) is 5.41 Å². The normalized spacial score (nSPS) is 26.3. The molecule has 104 valence electrons. The number of sulfone groups is 1. The van der Waals surface area contributed by atoms with Gasteiger partial charge in [0.05, 0.1) is 24.4 Å². The molecule has 0 aromatic heterocycles. The summed E-state index contributed by atoms with van der Waals surface area (Å²) in [5.74, 6) is 0.520. The lowest BCUT2D eigenvalue weighted by molar-refractivity contribution is 0.143. The van der Waals surface area contributed by atoms with Gasteiger partial charge in [-0.15, -0.1) is 0 Å². The Kier molecular flexibility index (Phi) is 3.99. The number of hydrogen-bond acceptors (Lipinski definition) is 3. The lowest BCUT2D eigenvalue weighted by Crippen LogP contribution is -2.23. The molecule has 19 heavy (non-hydrogen) atoms. The predicted molar refractivity (Wildman–Crippen MR) is 77.4 cm³/mol. The van der Waals surface area contributed by atoms with Crippen LogP contribution in [0.15, 0.2) is 36.6 Å². The van der Waals surface area contributed by atoms with Crippen LogP contribution in [0, 0.1) is 5.41 Å². The quantitative estimate of drug-likeness (QED) is 0.797. The first-order valence-electron chi connectivity index (χ1n) is 6.45. The fourth-order valence-corrected chi connectivity index (χ4v) is 4.57. The van der Waals surface area contributed by atoms with Gasteiger partial charge in [-0.3, -0.25) is 0 Å². The average Bonchev–Trinajstić information content (AvgIpc) is 2.65. The first-order chi connectivity index (χ1) is 8.90. The molecule has 1 aromatic carbocycles. The van der Waals surface area contributed by atoms with Crippen LogP contribution in [-0.2, 0) is 14.6 Å². The average molecular weight is 280 g/mol. The van der Waals surface area contributed by atoms with Gasteiger partial charge in [0.15, 0.2) is 9.84 Å². The van der Waals surface area contributed by atoms with Gasteiger partial charge < -0.3 is 4.74 Å². The van der Waals surface area contributed by atoms with E-state index in [-0.39, 0.29) is 16.9 Å². The Morgan fingerprint density at radius 3 is 2.63 bits per heavy atom. The maximum absolute atomic E-state index is 11.5. The maximum atomic E-state index is 11.5. The number of ether oxygens (including phenoxy) is 1. The Morgan fingerprint density at radius 2 is 2.05 bits per heavy atom. The third-order valence-corrected chi connectivity index (χ3v) is 5.47. The molecule has 1 atom stereocenters. The van der Waals surface area contributed by atoms with Crippen molar-refractivity contribution in [1.29, 1.82) is 0 Å². The lowest BCUT2D eigenvalue weighted by Gasteiger charge is -2.20. The monoisotopic (exact) mass is 280 g/mol. The Labute approximate surface area is 115 Å². The molecule has 2 rings (SSSR count). The van der Waals surface area contributed by atoms with Gasteiger partial charge in [0.1, 0.15) is 0 Å². The number of allylic oxidation sites excluding steroid dienone is 1. The van der Waals surface area contributed by atoms with Gasteiger partial charge in [-0.25, -0.2) is 8.42 Å². The molecule has 0 N–H and O–H groups in total. The van der Waals surface area contributed by atoms with E-state index in [1.54, 1.807) is 6.26 Å². The zero-order valence-electron chi connectivity index (χ0n) is 11.4. The van der Waals surface area contributed by atoms with Crippen molar-refractivity contribution >= 4 is 15.4 Å². The van der Waals surface area contributed by atoms with Crippen LogP contribution in [0.3, 0.4) is 0 Å². The van der Waals surface area contributed by atoms with Gasteiger partial charge in [0, 0.05) is 5.41 Å². The van der Waals surface area contributed by atoms with E-state index in [0.29, 0.717) is 13.0 Å². The van der Waals surface area contributed by atoms with Crippen LogP contribution in [0.5, 0.6) is 0 Å². The van der Waals surface area contributed by atoms with Crippen molar-refractivity contribution in [2.75, 3.05) is 18.1 Å². The third-order valence-electron chi connectivity index (χ3n) is 3.51. The van der Waals surface area contributed by atoms with Gasteiger partial charge >= 0.3 is 0 Å². The van der Waals surface area contributed by atoms with E-state index in [2.05, 4.69) is 0 Å². The summed E-state index contributed by atoms with van der Waals surface area (Å²) < 4.78 is 28.6. The molecule has 1 aliphatic rings. The van der Waals surface area contributed by atoms with Crippen molar-refractivity contribution < 1.29 is 13.2 Å². The van der Waals surface area contributed by atoms with Crippen molar-refractivity contribution in [3.8, 4) is 0 Å². The largest absolute Gasteiger partial charge is 0.500 e. The molecule has 1 fully saturated rings. The van der Waals surface area contributed by atoms with Gasteiger partial charge in [0.25, 0.3) is 0 Å². The Hall–Kier alpha value is -1.29. The molecule has 0 amide bonds. The standard InChI is InChI=1S/C15H20O3S/c1-13(14-6-4-3-5-7-14)10-18-11-15(2)8-9-19(16,17)12-15/h3-7,10H,8-9,11-12H2,1-2H3/b13-10-. The highest BCUT2D eigenvalue weighted by Gasteiger charge is 2.38. The third kappa shape index (κ3) is 3.83. The van der Waals surface area contributed by atoms with Crippen molar-refractivity contribution in [3.63, 3.8) is 0 Å². The highest BCUT2D eigenvalue weighted by atomic mass is 32.2. The highest BCUT2D eigenvalue weighted by Crippen LogP contribution is 2.32. The number of hydrogen-bond donors (Lipinski definition) is 0. The summed E-state index contributed by atoms with van der Waals surface area (Å²) in [7, 11) is -2.86. The zero-order chi connectivity index (χ0) is 13.9. The minimum atomic E-state index is -2.86. The summed E-state index contributed by atoms with van der Waals surface area (Å²) in [6.45, 7) is 4.42. The van der Waals surface area contributed by atoms with Crippen molar-refractivity contribution in [2.45, 2.75) is 20.3 Å². The summed E-state index contributed by atoms with van der Waals surface area (Å²) >= 11 is 0. The van der Waals surface area contributed by atoms with Crippen LogP contribution in [0.25, 0.3) is 5.57 Å². The van der Waals surface area contributed by atoms with E-state index in [9.17, 15) is 8.42 Å². The second kappa shape index (κ2) is 5.37. The summed E-state index contributed by atoms with van der Waals surface area (Å²) in [5, 5.41) is 0. The fraction of sp³-hybridized carbons (Fsp3) is 0.467. The summed E-state index contributed by atoms with van der Waals surface area (Å²) in [6.07, 6.45) is 2.42. The van der Waals surface area contributed by atoms with Crippen LogP contribution >= 0.6 is 0 Å². The molecule has 0 bridgehead atoms. The van der Waals surface area contributed by atoms with Crippen molar-refractivity contribution in [1.82, 2.24) is 0 Å². The second-order valence-electron chi connectivity index (χ2n) is 5.63. The molecule has 1 heterocycles. The lowest BCUT2D eigenvalue weighted by atomic mass is 9.92.